The Morgan fingerprint density at radius 2 is 2.20 bits per heavy atom. The van der Waals surface area contributed by atoms with Gasteiger partial charge in [0.1, 0.15) is 0 Å². The maximum absolute atomic E-state index is 9.03. The summed E-state index contributed by atoms with van der Waals surface area (Å²) in [6, 6.07) is 0.122. The number of nitrogens with zero attached hydrogens (tertiary/aromatic N) is 3. The van der Waals surface area contributed by atoms with Crippen molar-refractivity contribution in [3.63, 3.8) is 0 Å². The molecule has 0 radical (unpaired) electrons. The molecule has 1 atom stereocenters. The largest absolute Gasteiger partial charge is 0.395 e. The van der Waals surface area contributed by atoms with E-state index in [1.54, 1.807) is 4.68 Å². The van der Waals surface area contributed by atoms with E-state index in [9.17, 15) is 0 Å². The number of halogens is 1. The Labute approximate surface area is 95.5 Å². The minimum atomic E-state index is 0.122. The molecule has 1 rings (SSSR count). The molecular formula is C10H18ClN3O. The van der Waals surface area contributed by atoms with Crippen molar-refractivity contribution in [3.05, 3.63) is 16.4 Å². The van der Waals surface area contributed by atoms with Gasteiger partial charge in [-0.05, 0) is 20.9 Å². The zero-order valence-corrected chi connectivity index (χ0v) is 10.4. The molecule has 0 saturated heterocycles. The predicted molar refractivity (Wildman–Crippen MR) is 61.0 cm³/mol. The SMILES string of the molecule is Cc1nn(C)c(CN(C)C(C)CO)c1Cl. The van der Waals surface area contributed by atoms with Crippen LogP contribution in [0.25, 0.3) is 0 Å². The quantitative estimate of drug-likeness (QED) is 0.847. The second-order valence-corrected chi connectivity index (χ2v) is 4.29. The van der Waals surface area contributed by atoms with Gasteiger partial charge in [0.2, 0.25) is 0 Å². The minimum Gasteiger partial charge on any atom is -0.395 e. The second-order valence-electron chi connectivity index (χ2n) is 3.92. The molecule has 0 aliphatic heterocycles. The lowest BCUT2D eigenvalue weighted by atomic mass is 10.3. The summed E-state index contributed by atoms with van der Waals surface area (Å²) in [5.41, 5.74) is 1.83. The van der Waals surface area contributed by atoms with Gasteiger partial charge in [0, 0.05) is 19.6 Å². The molecule has 1 heterocycles. The van der Waals surface area contributed by atoms with Crippen molar-refractivity contribution in [3.8, 4) is 0 Å². The van der Waals surface area contributed by atoms with Crippen molar-refractivity contribution in [2.75, 3.05) is 13.7 Å². The van der Waals surface area contributed by atoms with Crippen molar-refractivity contribution in [1.82, 2.24) is 14.7 Å². The van der Waals surface area contributed by atoms with E-state index in [-0.39, 0.29) is 12.6 Å². The molecule has 4 nitrogen and oxygen atoms in total. The zero-order valence-electron chi connectivity index (χ0n) is 9.66. The smallest absolute Gasteiger partial charge is 0.0860 e. The van der Waals surface area contributed by atoms with Gasteiger partial charge in [-0.3, -0.25) is 9.58 Å². The van der Waals surface area contributed by atoms with Crippen molar-refractivity contribution < 1.29 is 5.11 Å². The minimum absolute atomic E-state index is 0.122. The number of aromatic nitrogens is 2. The third kappa shape index (κ3) is 2.71. The van der Waals surface area contributed by atoms with Gasteiger partial charge in [0.05, 0.1) is 23.0 Å². The standard InChI is InChI=1S/C10H18ClN3O/c1-7(6-15)13(3)5-9-10(11)8(2)12-14(9)4/h7,15H,5-6H2,1-4H3. The summed E-state index contributed by atoms with van der Waals surface area (Å²) in [7, 11) is 3.84. The molecule has 0 saturated carbocycles. The maximum atomic E-state index is 9.03. The molecule has 0 aliphatic rings. The fraction of sp³-hybridized carbons (Fsp3) is 0.700. The lowest BCUT2D eigenvalue weighted by Crippen LogP contribution is -2.32. The van der Waals surface area contributed by atoms with E-state index in [0.29, 0.717) is 6.54 Å². The molecule has 0 amide bonds. The molecule has 1 N–H and O–H groups in total. The summed E-state index contributed by atoms with van der Waals surface area (Å²) < 4.78 is 1.79. The molecule has 0 aromatic carbocycles. The first-order valence-corrected chi connectivity index (χ1v) is 5.34. The molecular weight excluding hydrogens is 214 g/mol. The molecule has 0 bridgehead atoms. The van der Waals surface area contributed by atoms with Gasteiger partial charge in [-0.1, -0.05) is 11.6 Å². The topological polar surface area (TPSA) is 41.3 Å². The Balaban J connectivity index is 2.80. The Kier molecular flexibility index (Phi) is 4.13. The van der Waals surface area contributed by atoms with Gasteiger partial charge >= 0.3 is 0 Å². The van der Waals surface area contributed by atoms with Crippen molar-refractivity contribution in [2.45, 2.75) is 26.4 Å². The van der Waals surface area contributed by atoms with E-state index < -0.39 is 0 Å². The molecule has 0 fully saturated rings. The van der Waals surface area contributed by atoms with E-state index >= 15 is 0 Å². The van der Waals surface area contributed by atoms with Gasteiger partial charge in [-0.2, -0.15) is 5.10 Å². The number of likely N-dealkylation sites (N-methyl/N-ethyl adjacent to an activating group) is 1. The molecule has 5 heteroatoms. The number of rotatable bonds is 4. The average molecular weight is 232 g/mol. The summed E-state index contributed by atoms with van der Waals surface area (Å²) in [6.07, 6.45) is 0. The number of hydrogen-bond acceptors (Lipinski definition) is 3. The van der Waals surface area contributed by atoms with Crippen LogP contribution in [-0.2, 0) is 13.6 Å². The van der Waals surface area contributed by atoms with Crippen molar-refractivity contribution in [2.24, 2.45) is 7.05 Å². The van der Waals surface area contributed by atoms with Crippen LogP contribution < -0.4 is 0 Å². The highest BCUT2D eigenvalue weighted by atomic mass is 35.5. The fourth-order valence-corrected chi connectivity index (χ4v) is 1.60. The number of aliphatic hydroxyl groups excluding tert-OH is 1. The number of aliphatic hydroxyl groups is 1. The summed E-state index contributed by atoms with van der Waals surface area (Å²) >= 11 is 6.13. The van der Waals surface area contributed by atoms with Gasteiger partial charge < -0.3 is 5.11 Å². The van der Waals surface area contributed by atoms with E-state index in [1.165, 1.54) is 0 Å². The summed E-state index contributed by atoms with van der Waals surface area (Å²) in [5.74, 6) is 0. The van der Waals surface area contributed by atoms with Crippen molar-refractivity contribution in [1.29, 1.82) is 0 Å². The third-order valence-electron chi connectivity index (χ3n) is 2.68. The molecule has 15 heavy (non-hydrogen) atoms. The van der Waals surface area contributed by atoms with Crippen LogP contribution in [0.4, 0.5) is 0 Å². The van der Waals surface area contributed by atoms with Crippen LogP contribution in [0, 0.1) is 6.92 Å². The van der Waals surface area contributed by atoms with E-state index in [1.807, 2.05) is 32.8 Å². The molecule has 1 unspecified atom stereocenters. The highest BCUT2D eigenvalue weighted by Gasteiger charge is 2.15. The maximum Gasteiger partial charge on any atom is 0.0860 e. The van der Waals surface area contributed by atoms with Crippen LogP contribution in [0.15, 0.2) is 0 Å². The monoisotopic (exact) mass is 231 g/mol. The average Bonchev–Trinajstić information content (AvgIpc) is 2.43. The highest BCUT2D eigenvalue weighted by molar-refractivity contribution is 6.31. The lowest BCUT2D eigenvalue weighted by Gasteiger charge is -2.22. The highest BCUT2D eigenvalue weighted by Crippen LogP contribution is 2.20. The lowest BCUT2D eigenvalue weighted by molar-refractivity contribution is 0.151. The molecule has 1 aromatic rings. The van der Waals surface area contributed by atoms with Crippen molar-refractivity contribution >= 4 is 11.6 Å². The summed E-state index contributed by atoms with van der Waals surface area (Å²) in [5, 5.41) is 14.0. The Morgan fingerprint density at radius 3 is 2.60 bits per heavy atom. The third-order valence-corrected chi connectivity index (χ3v) is 3.17. The van der Waals surface area contributed by atoms with E-state index in [4.69, 9.17) is 16.7 Å². The van der Waals surface area contributed by atoms with Crippen LogP contribution in [0.5, 0.6) is 0 Å². The number of aryl methyl sites for hydroxylation is 2. The summed E-state index contributed by atoms with van der Waals surface area (Å²) in [4.78, 5) is 2.04. The summed E-state index contributed by atoms with van der Waals surface area (Å²) in [6.45, 7) is 4.70. The van der Waals surface area contributed by atoms with Gasteiger partial charge in [-0.25, -0.2) is 0 Å². The first kappa shape index (κ1) is 12.5. The molecule has 1 aromatic heterocycles. The first-order chi connectivity index (χ1) is 6.97. The Bertz CT molecular complexity index is 338. The van der Waals surface area contributed by atoms with Gasteiger partial charge in [-0.15, -0.1) is 0 Å². The van der Waals surface area contributed by atoms with E-state index in [2.05, 4.69) is 5.10 Å². The van der Waals surface area contributed by atoms with Crippen LogP contribution in [0.1, 0.15) is 18.3 Å². The molecule has 86 valence electrons. The normalized spacial score (nSPS) is 13.5. The fourth-order valence-electron chi connectivity index (χ4n) is 1.38. The van der Waals surface area contributed by atoms with Crippen LogP contribution in [0.2, 0.25) is 5.02 Å². The zero-order chi connectivity index (χ0) is 11.6. The Hall–Kier alpha value is -0.580. The van der Waals surface area contributed by atoms with Gasteiger partial charge in [0.25, 0.3) is 0 Å². The van der Waals surface area contributed by atoms with E-state index in [0.717, 1.165) is 16.4 Å². The molecule has 0 aliphatic carbocycles. The van der Waals surface area contributed by atoms with Crippen LogP contribution in [-0.4, -0.2) is 39.5 Å². The molecule has 0 spiro atoms. The predicted octanol–water partition coefficient (Wildman–Crippen LogP) is 1.19. The first-order valence-electron chi connectivity index (χ1n) is 4.96. The number of hydrogen-bond donors (Lipinski definition) is 1. The van der Waals surface area contributed by atoms with Crippen LogP contribution in [0.3, 0.4) is 0 Å². The van der Waals surface area contributed by atoms with Gasteiger partial charge in [0.15, 0.2) is 0 Å². The second kappa shape index (κ2) is 4.96. The Morgan fingerprint density at radius 1 is 1.60 bits per heavy atom. The van der Waals surface area contributed by atoms with Crippen LogP contribution >= 0.6 is 11.6 Å².